The van der Waals surface area contributed by atoms with Gasteiger partial charge < -0.3 is 25.6 Å². The van der Waals surface area contributed by atoms with Crippen LogP contribution in [0.15, 0.2) is 18.2 Å². The van der Waals surface area contributed by atoms with Crippen molar-refractivity contribution in [2.45, 2.75) is 25.6 Å². The van der Waals surface area contributed by atoms with Crippen molar-refractivity contribution in [1.29, 1.82) is 0 Å². The lowest BCUT2D eigenvalue weighted by Crippen LogP contribution is -2.22. The smallest absolute Gasteiger partial charge is 0.144 e. The van der Waals surface area contributed by atoms with Crippen LogP contribution in [0.5, 0.6) is 5.75 Å². The molecule has 0 spiro atoms. The molecular formula is C13H20N2O3. The molecule has 2 atom stereocenters. The zero-order chi connectivity index (χ0) is 13.1. The third-order valence-electron chi connectivity index (χ3n) is 3.10. The van der Waals surface area contributed by atoms with Crippen LogP contribution in [0.4, 0.5) is 11.4 Å². The summed E-state index contributed by atoms with van der Waals surface area (Å²) in [5.41, 5.74) is 7.43. The maximum atomic E-state index is 9.57. The molecule has 100 valence electrons. The number of hydrogen-bond donors (Lipinski definition) is 3. The van der Waals surface area contributed by atoms with Gasteiger partial charge in [-0.3, -0.25) is 0 Å². The first kappa shape index (κ1) is 13.0. The number of ether oxygens (including phenoxy) is 1. The monoisotopic (exact) mass is 252 g/mol. The molecule has 0 aliphatic carbocycles. The Balaban J connectivity index is 2.18. The molecule has 1 heterocycles. The van der Waals surface area contributed by atoms with Gasteiger partial charge in [-0.1, -0.05) is 13.0 Å². The molecule has 5 nitrogen and oxygen atoms in total. The molecule has 1 fully saturated rings. The van der Waals surface area contributed by atoms with Gasteiger partial charge in [0.2, 0.25) is 0 Å². The molecule has 1 saturated heterocycles. The Morgan fingerprint density at radius 2 is 2.00 bits per heavy atom. The molecule has 0 aromatic heterocycles. The lowest BCUT2D eigenvalue weighted by Gasteiger charge is -2.21. The first-order valence-electron chi connectivity index (χ1n) is 6.25. The predicted molar refractivity (Wildman–Crippen MR) is 70.9 cm³/mol. The normalized spacial score (nSPS) is 23.4. The predicted octanol–water partition coefficient (Wildman–Crippen LogP) is 0.599. The molecule has 4 N–H and O–H groups in total. The highest BCUT2D eigenvalue weighted by molar-refractivity contribution is 5.74. The van der Waals surface area contributed by atoms with Crippen LogP contribution in [-0.4, -0.2) is 42.1 Å². The van der Waals surface area contributed by atoms with E-state index in [1.54, 1.807) is 0 Å². The van der Waals surface area contributed by atoms with Crippen molar-refractivity contribution in [1.82, 2.24) is 0 Å². The summed E-state index contributed by atoms with van der Waals surface area (Å²) >= 11 is 0. The highest BCUT2D eigenvalue weighted by Gasteiger charge is 2.30. The highest BCUT2D eigenvalue weighted by atomic mass is 16.5. The van der Waals surface area contributed by atoms with E-state index in [9.17, 15) is 10.2 Å². The van der Waals surface area contributed by atoms with Crippen LogP contribution in [0.25, 0.3) is 0 Å². The SMILES string of the molecule is CCCOc1cccc(N2CC(O)C(O)C2)c1N. The number of para-hydroxylation sites is 1. The van der Waals surface area contributed by atoms with Crippen molar-refractivity contribution in [3.8, 4) is 5.75 Å². The van der Waals surface area contributed by atoms with E-state index in [0.29, 0.717) is 31.1 Å². The van der Waals surface area contributed by atoms with E-state index in [0.717, 1.165) is 12.1 Å². The number of nitrogens with zero attached hydrogens (tertiary/aromatic N) is 1. The van der Waals surface area contributed by atoms with Crippen LogP contribution in [0.3, 0.4) is 0 Å². The summed E-state index contributed by atoms with van der Waals surface area (Å²) in [6.45, 7) is 3.44. The van der Waals surface area contributed by atoms with Crippen LogP contribution >= 0.6 is 0 Å². The minimum absolute atomic E-state index is 0.391. The molecule has 1 aliphatic rings. The first-order valence-corrected chi connectivity index (χ1v) is 6.25. The maximum Gasteiger partial charge on any atom is 0.144 e. The summed E-state index contributed by atoms with van der Waals surface area (Å²) in [6.07, 6.45) is -0.514. The molecule has 5 heteroatoms. The van der Waals surface area contributed by atoms with Gasteiger partial charge in [0.05, 0.1) is 30.2 Å². The fourth-order valence-corrected chi connectivity index (χ4v) is 2.11. The second kappa shape index (κ2) is 5.46. The summed E-state index contributed by atoms with van der Waals surface area (Å²) in [4.78, 5) is 1.88. The standard InChI is InChI=1S/C13H20N2O3/c1-2-6-18-12-5-3-4-9(13(12)14)15-7-10(16)11(17)8-15/h3-5,10-11,16-17H,2,6-8,14H2,1H3. The Labute approximate surface area is 107 Å². The molecule has 2 unspecified atom stereocenters. The molecule has 0 saturated carbocycles. The minimum Gasteiger partial charge on any atom is -0.491 e. The summed E-state index contributed by atoms with van der Waals surface area (Å²) < 4.78 is 5.56. The second-order valence-corrected chi connectivity index (χ2v) is 4.58. The fourth-order valence-electron chi connectivity index (χ4n) is 2.11. The lowest BCUT2D eigenvalue weighted by molar-refractivity contribution is 0.0572. The molecule has 2 rings (SSSR count). The van der Waals surface area contributed by atoms with Crippen LogP contribution < -0.4 is 15.4 Å². The summed E-state index contributed by atoms with van der Waals surface area (Å²) in [5, 5.41) is 19.1. The Bertz CT molecular complexity index is 401. The van der Waals surface area contributed by atoms with E-state index in [4.69, 9.17) is 10.5 Å². The van der Waals surface area contributed by atoms with Crippen LogP contribution in [0, 0.1) is 0 Å². The van der Waals surface area contributed by atoms with Crippen molar-refractivity contribution in [2.75, 3.05) is 30.3 Å². The van der Waals surface area contributed by atoms with Crippen molar-refractivity contribution in [2.24, 2.45) is 0 Å². The Morgan fingerprint density at radius 3 is 2.61 bits per heavy atom. The third-order valence-corrected chi connectivity index (χ3v) is 3.10. The van der Waals surface area contributed by atoms with Gasteiger partial charge in [-0.15, -0.1) is 0 Å². The van der Waals surface area contributed by atoms with Gasteiger partial charge in [-0.05, 0) is 18.6 Å². The second-order valence-electron chi connectivity index (χ2n) is 4.58. The number of rotatable bonds is 4. The molecule has 1 aromatic carbocycles. The number of nitrogens with two attached hydrogens (primary N) is 1. The van der Waals surface area contributed by atoms with Gasteiger partial charge >= 0.3 is 0 Å². The topological polar surface area (TPSA) is 79.0 Å². The van der Waals surface area contributed by atoms with Crippen LogP contribution in [0.1, 0.15) is 13.3 Å². The van der Waals surface area contributed by atoms with Crippen molar-refractivity contribution in [3.63, 3.8) is 0 Å². The summed E-state index contributed by atoms with van der Waals surface area (Å²) in [6, 6.07) is 5.57. The Morgan fingerprint density at radius 1 is 1.33 bits per heavy atom. The third kappa shape index (κ3) is 2.52. The average Bonchev–Trinajstić information content (AvgIpc) is 2.68. The number of nitrogen functional groups attached to an aromatic ring is 1. The highest BCUT2D eigenvalue weighted by Crippen LogP contribution is 2.34. The van der Waals surface area contributed by atoms with E-state index in [-0.39, 0.29) is 0 Å². The average molecular weight is 252 g/mol. The molecular weight excluding hydrogens is 232 g/mol. The zero-order valence-electron chi connectivity index (χ0n) is 10.5. The largest absolute Gasteiger partial charge is 0.491 e. The first-order chi connectivity index (χ1) is 8.63. The van der Waals surface area contributed by atoms with Gasteiger partial charge in [-0.25, -0.2) is 0 Å². The van der Waals surface area contributed by atoms with Gasteiger partial charge in [-0.2, -0.15) is 0 Å². The van der Waals surface area contributed by atoms with Crippen molar-refractivity contribution >= 4 is 11.4 Å². The quantitative estimate of drug-likeness (QED) is 0.684. The maximum absolute atomic E-state index is 9.57. The number of anilines is 2. The number of aliphatic hydroxyl groups is 2. The molecule has 18 heavy (non-hydrogen) atoms. The molecule has 1 aliphatic heterocycles. The van der Waals surface area contributed by atoms with E-state index in [2.05, 4.69) is 0 Å². The van der Waals surface area contributed by atoms with Crippen LogP contribution in [0.2, 0.25) is 0 Å². The van der Waals surface area contributed by atoms with Crippen molar-refractivity contribution < 1.29 is 14.9 Å². The van der Waals surface area contributed by atoms with E-state index < -0.39 is 12.2 Å². The number of aliphatic hydroxyl groups excluding tert-OH is 2. The molecule has 0 bridgehead atoms. The van der Waals surface area contributed by atoms with E-state index >= 15 is 0 Å². The molecule has 0 amide bonds. The van der Waals surface area contributed by atoms with Gasteiger partial charge in [0.15, 0.2) is 0 Å². The zero-order valence-corrected chi connectivity index (χ0v) is 10.5. The van der Waals surface area contributed by atoms with Crippen LogP contribution in [-0.2, 0) is 0 Å². The van der Waals surface area contributed by atoms with Gasteiger partial charge in [0.25, 0.3) is 0 Å². The summed E-state index contributed by atoms with van der Waals surface area (Å²) in [5.74, 6) is 0.658. The summed E-state index contributed by atoms with van der Waals surface area (Å²) in [7, 11) is 0. The Kier molecular flexibility index (Phi) is 3.93. The van der Waals surface area contributed by atoms with Gasteiger partial charge in [0.1, 0.15) is 5.75 Å². The number of benzene rings is 1. The lowest BCUT2D eigenvalue weighted by atomic mass is 10.2. The van der Waals surface area contributed by atoms with E-state index in [1.165, 1.54) is 0 Å². The van der Waals surface area contributed by atoms with Gasteiger partial charge in [0, 0.05) is 13.1 Å². The molecule has 0 radical (unpaired) electrons. The van der Waals surface area contributed by atoms with Crippen molar-refractivity contribution in [3.05, 3.63) is 18.2 Å². The fraction of sp³-hybridized carbons (Fsp3) is 0.538. The van der Waals surface area contributed by atoms with E-state index in [1.807, 2.05) is 30.0 Å². The molecule has 1 aromatic rings. The minimum atomic E-state index is -0.718. The number of β-amino-alcohol motifs (C(OH)–C–C–N with tert-alkyl or cyclic N) is 2. The Hall–Kier alpha value is -1.46. The number of hydrogen-bond acceptors (Lipinski definition) is 5.